The first-order valence-corrected chi connectivity index (χ1v) is 6.63. The number of ether oxygens (including phenoxy) is 1. The predicted octanol–water partition coefficient (Wildman–Crippen LogP) is 4.77. The van der Waals surface area contributed by atoms with Gasteiger partial charge in [-0.05, 0) is 24.6 Å². The van der Waals surface area contributed by atoms with Crippen molar-refractivity contribution < 1.29 is 17.9 Å². The molecule has 2 aromatic carbocycles. The minimum atomic E-state index is -2.46. The highest BCUT2D eigenvalue weighted by Gasteiger charge is 2.07. The quantitative estimate of drug-likeness (QED) is 0.828. The third kappa shape index (κ3) is 4.15. The van der Waals surface area contributed by atoms with E-state index in [4.69, 9.17) is 4.74 Å². The van der Waals surface area contributed by atoms with Gasteiger partial charge in [0.2, 0.25) is 0 Å². The Morgan fingerprint density at radius 3 is 2.43 bits per heavy atom. The van der Waals surface area contributed by atoms with Crippen molar-refractivity contribution in [1.29, 1.82) is 0 Å². The lowest BCUT2D eigenvalue weighted by Gasteiger charge is -2.12. The van der Waals surface area contributed by atoms with Gasteiger partial charge in [0, 0.05) is 18.2 Å². The summed E-state index contributed by atoms with van der Waals surface area (Å²) in [5.74, 6) is 0.0620. The van der Waals surface area contributed by atoms with Crippen LogP contribution in [-0.4, -0.2) is 6.61 Å². The monoisotopic (exact) mass is 295 g/mol. The van der Waals surface area contributed by atoms with Crippen molar-refractivity contribution in [2.75, 3.05) is 11.9 Å². The van der Waals surface area contributed by atoms with Gasteiger partial charge in [-0.1, -0.05) is 24.3 Å². The van der Waals surface area contributed by atoms with Gasteiger partial charge in [-0.2, -0.15) is 0 Å². The molecular formula is C16H16F3NO. The Morgan fingerprint density at radius 2 is 1.81 bits per heavy atom. The van der Waals surface area contributed by atoms with Crippen LogP contribution < -0.4 is 10.1 Å². The number of anilines is 1. The fourth-order valence-corrected chi connectivity index (χ4v) is 1.90. The Balaban J connectivity index is 2.05. The zero-order valence-electron chi connectivity index (χ0n) is 11.6. The van der Waals surface area contributed by atoms with Gasteiger partial charge in [-0.3, -0.25) is 0 Å². The second-order valence-electron chi connectivity index (χ2n) is 4.47. The number of rotatable bonds is 6. The standard InChI is InChI=1S/C16H16F3NO/c1-2-21-15-9-13(17)7-8-14(15)20-10-11-3-5-12(6-4-11)16(18)19/h3-9,16,20H,2,10H2,1H3. The maximum atomic E-state index is 13.2. The van der Waals surface area contributed by atoms with Gasteiger partial charge in [0.1, 0.15) is 11.6 Å². The van der Waals surface area contributed by atoms with Gasteiger partial charge in [0.25, 0.3) is 6.43 Å². The highest BCUT2D eigenvalue weighted by molar-refractivity contribution is 5.56. The van der Waals surface area contributed by atoms with E-state index >= 15 is 0 Å². The lowest BCUT2D eigenvalue weighted by molar-refractivity contribution is 0.151. The summed E-state index contributed by atoms with van der Waals surface area (Å²) in [4.78, 5) is 0. The van der Waals surface area contributed by atoms with Crippen LogP contribution in [0.1, 0.15) is 24.5 Å². The SMILES string of the molecule is CCOc1cc(F)ccc1NCc1ccc(C(F)F)cc1. The molecule has 5 heteroatoms. The van der Waals surface area contributed by atoms with Gasteiger partial charge in [0.15, 0.2) is 0 Å². The van der Waals surface area contributed by atoms with Crippen LogP contribution in [0.5, 0.6) is 5.75 Å². The van der Waals surface area contributed by atoms with Crippen LogP contribution in [0.4, 0.5) is 18.9 Å². The molecule has 2 nitrogen and oxygen atoms in total. The molecule has 0 saturated carbocycles. The molecule has 0 bridgehead atoms. The fraction of sp³-hybridized carbons (Fsp3) is 0.250. The number of benzene rings is 2. The van der Waals surface area contributed by atoms with Gasteiger partial charge >= 0.3 is 0 Å². The van der Waals surface area contributed by atoms with Crippen LogP contribution >= 0.6 is 0 Å². The van der Waals surface area contributed by atoms with Crippen molar-refractivity contribution in [3.63, 3.8) is 0 Å². The molecule has 0 aliphatic rings. The highest BCUT2D eigenvalue weighted by Crippen LogP contribution is 2.26. The number of halogens is 3. The summed E-state index contributed by atoms with van der Waals surface area (Å²) in [5.41, 5.74) is 1.51. The van der Waals surface area contributed by atoms with Crippen molar-refractivity contribution in [2.45, 2.75) is 19.9 Å². The molecule has 0 fully saturated rings. The third-order valence-corrected chi connectivity index (χ3v) is 2.96. The minimum Gasteiger partial charge on any atom is -0.492 e. The van der Waals surface area contributed by atoms with Gasteiger partial charge in [0.05, 0.1) is 12.3 Å². The van der Waals surface area contributed by atoms with Crippen molar-refractivity contribution in [3.8, 4) is 5.75 Å². The number of hydrogen-bond donors (Lipinski definition) is 1. The second-order valence-corrected chi connectivity index (χ2v) is 4.47. The normalized spacial score (nSPS) is 10.7. The number of alkyl halides is 2. The molecule has 112 valence electrons. The average Bonchev–Trinajstić information content (AvgIpc) is 2.47. The summed E-state index contributed by atoms with van der Waals surface area (Å²) in [6.45, 7) is 2.69. The fourth-order valence-electron chi connectivity index (χ4n) is 1.90. The topological polar surface area (TPSA) is 21.3 Å². The Bertz CT molecular complexity index is 585. The molecule has 0 unspecified atom stereocenters. The molecule has 21 heavy (non-hydrogen) atoms. The van der Waals surface area contributed by atoms with Crippen LogP contribution in [0.25, 0.3) is 0 Å². The van der Waals surface area contributed by atoms with E-state index in [9.17, 15) is 13.2 Å². The molecule has 0 spiro atoms. The van der Waals surface area contributed by atoms with Gasteiger partial charge in [-0.25, -0.2) is 13.2 Å². The molecule has 0 aliphatic heterocycles. The molecule has 0 amide bonds. The predicted molar refractivity (Wildman–Crippen MR) is 76.3 cm³/mol. The second kappa shape index (κ2) is 7.02. The summed E-state index contributed by atoms with van der Waals surface area (Å²) >= 11 is 0. The first kappa shape index (κ1) is 15.2. The molecule has 0 heterocycles. The molecule has 0 atom stereocenters. The maximum absolute atomic E-state index is 13.2. The molecule has 0 saturated heterocycles. The number of hydrogen-bond acceptors (Lipinski definition) is 2. The molecule has 1 N–H and O–H groups in total. The summed E-state index contributed by atoms with van der Waals surface area (Å²) < 4.78 is 43.4. The van der Waals surface area contributed by atoms with Crippen molar-refractivity contribution >= 4 is 5.69 Å². The average molecular weight is 295 g/mol. The Hall–Kier alpha value is -2.17. The summed E-state index contributed by atoms with van der Waals surface area (Å²) in [5, 5.41) is 3.11. The molecule has 2 aromatic rings. The van der Waals surface area contributed by atoms with E-state index in [1.165, 1.54) is 24.3 Å². The van der Waals surface area contributed by atoms with Crippen LogP contribution in [0, 0.1) is 5.82 Å². The van der Waals surface area contributed by atoms with Crippen molar-refractivity contribution in [2.24, 2.45) is 0 Å². The van der Waals surface area contributed by atoms with Gasteiger partial charge in [-0.15, -0.1) is 0 Å². The zero-order chi connectivity index (χ0) is 15.2. The van der Waals surface area contributed by atoms with E-state index < -0.39 is 6.43 Å². The molecule has 2 rings (SSSR count). The Kier molecular flexibility index (Phi) is 5.09. The largest absolute Gasteiger partial charge is 0.492 e. The zero-order valence-corrected chi connectivity index (χ0v) is 11.6. The van der Waals surface area contributed by atoms with E-state index in [2.05, 4.69) is 5.32 Å². The first-order chi connectivity index (χ1) is 10.1. The molecule has 0 radical (unpaired) electrons. The van der Waals surface area contributed by atoms with E-state index in [-0.39, 0.29) is 11.4 Å². The van der Waals surface area contributed by atoms with Crippen molar-refractivity contribution in [3.05, 3.63) is 59.4 Å². The lowest BCUT2D eigenvalue weighted by atomic mass is 10.1. The number of nitrogens with one attached hydrogen (secondary N) is 1. The lowest BCUT2D eigenvalue weighted by Crippen LogP contribution is -2.03. The molecule has 0 aromatic heterocycles. The van der Waals surface area contributed by atoms with Crippen LogP contribution in [-0.2, 0) is 6.54 Å². The minimum absolute atomic E-state index is 0.00413. The summed E-state index contributed by atoms with van der Waals surface area (Å²) in [6.07, 6.45) is -2.46. The van der Waals surface area contributed by atoms with Crippen LogP contribution in [0.2, 0.25) is 0 Å². The Morgan fingerprint density at radius 1 is 1.10 bits per heavy atom. The van der Waals surface area contributed by atoms with Crippen LogP contribution in [0.3, 0.4) is 0 Å². The molecule has 0 aliphatic carbocycles. The molecular weight excluding hydrogens is 279 g/mol. The van der Waals surface area contributed by atoms with E-state index in [0.29, 0.717) is 24.6 Å². The third-order valence-electron chi connectivity index (χ3n) is 2.96. The Labute approximate surface area is 121 Å². The van der Waals surface area contributed by atoms with E-state index in [1.54, 1.807) is 18.2 Å². The smallest absolute Gasteiger partial charge is 0.263 e. The van der Waals surface area contributed by atoms with Crippen LogP contribution in [0.15, 0.2) is 42.5 Å². The first-order valence-electron chi connectivity index (χ1n) is 6.63. The highest BCUT2D eigenvalue weighted by atomic mass is 19.3. The maximum Gasteiger partial charge on any atom is 0.263 e. The summed E-state index contributed by atoms with van der Waals surface area (Å²) in [7, 11) is 0. The van der Waals surface area contributed by atoms with Crippen molar-refractivity contribution in [1.82, 2.24) is 0 Å². The van der Waals surface area contributed by atoms with E-state index in [0.717, 1.165) is 5.56 Å². The van der Waals surface area contributed by atoms with E-state index in [1.807, 2.05) is 6.92 Å². The van der Waals surface area contributed by atoms with Gasteiger partial charge < -0.3 is 10.1 Å². The summed E-state index contributed by atoms with van der Waals surface area (Å²) in [6, 6.07) is 10.3.